The Labute approximate surface area is 162 Å². The lowest BCUT2D eigenvalue weighted by Gasteiger charge is -2.09. The number of hydrogen-bond donors (Lipinski definition) is 0. The van der Waals surface area contributed by atoms with Crippen molar-refractivity contribution in [1.29, 1.82) is 0 Å². The fraction of sp³-hybridized carbons (Fsp3) is 0.118. The molecular weight excluding hydrogens is 401 g/mol. The van der Waals surface area contributed by atoms with E-state index in [0.717, 1.165) is 22.2 Å². The number of hydrogen-bond acceptors (Lipinski definition) is 6. The van der Waals surface area contributed by atoms with Gasteiger partial charge in [-0.2, -0.15) is 0 Å². The summed E-state index contributed by atoms with van der Waals surface area (Å²) < 4.78 is 10.2. The number of halogens is 2. The van der Waals surface area contributed by atoms with Crippen molar-refractivity contribution in [2.24, 2.45) is 0 Å². The standard InChI is InChI=1S/C17H11Cl2NO5S/c1-24-15(21)8-20-16(22)14(26-17(20)23)7-10-3-5-13(25-10)9-2-4-11(18)12(19)6-9/h2-7H,8H2,1H3/b14-7+. The van der Waals surface area contributed by atoms with Crippen molar-refractivity contribution < 1.29 is 23.5 Å². The molecule has 2 aromatic rings. The number of esters is 1. The van der Waals surface area contributed by atoms with Gasteiger partial charge in [-0.15, -0.1) is 0 Å². The summed E-state index contributed by atoms with van der Waals surface area (Å²) in [4.78, 5) is 36.4. The van der Waals surface area contributed by atoms with Gasteiger partial charge in [0, 0.05) is 11.6 Å². The van der Waals surface area contributed by atoms with E-state index in [1.807, 2.05) is 0 Å². The van der Waals surface area contributed by atoms with Gasteiger partial charge in [-0.1, -0.05) is 23.2 Å². The number of benzene rings is 1. The number of furan rings is 1. The molecule has 1 fully saturated rings. The van der Waals surface area contributed by atoms with E-state index in [1.54, 1.807) is 30.3 Å². The van der Waals surface area contributed by atoms with E-state index in [0.29, 0.717) is 21.6 Å². The first-order valence-electron chi connectivity index (χ1n) is 7.26. The Kier molecular flexibility index (Phi) is 5.41. The number of nitrogens with zero attached hydrogens (tertiary/aromatic N) is 1. The molecule has 6 nitrogen and oxygen atoms in total. The van der Waals surface area contributed by atoms with Crippen LogP contribution in [0, 0.1) is 0 Å². The van der Waals surface area contributed by atoms with Crippen LogP contribution in [0.3, 0.4) is 0 Å². The molecular formula is C17H11Cl2NO5S. The van der Waals surface area contributed by atoms with Crippen LogP contribution < -0.4 is 0 Å². The first-order chi connectivity index (χ1) is 12.4. The summed E-state index contributed by atoms with van der Waals surface area (Å²) >= 11 is 12.6. The molecule has 0 radical (unpaired) electrons. The molecule has 0 aliphatic carbocycles. The number of carbonyl (C=O) groups is 3. The number of carbonyl (C=O) groups excluding carboxylic acids is 3. The molecule has 1 saturated heterocycles. The lowest BCUT2D eigenvalue weighted by molar-refractivity contribution is -0.143. The van der Waals surface area contributed by atoms with Crippen molar-refractivity contribution in [2.45, 2.75) is 0 Å². The highest BCUT2D eigenvalue weighted by molar-refractivity contribution is 8.18. The van der Waals surface area contributed by atoms with Crippen molar-refractivity contribution in [3.63, 3.8) is 0 Å². The van der Waals surface area contributed by atoms with Crippen LogP contribution in [-0.2, 0) is 14.3 Å². The van der Waals surface area contributed by atoms with Crippen LogP contribution in [0.5, 0.6) is 0 Å². The number of thioether (sulfide) groups is 1. The zero-order chi connectivity index (χ0) is 18.8. The van der Waals surface area contributed by atoms with E-state index in [1.165, 1.54) is 13.2 Å². The fourth-order valence-electron chi connectivity index (χ4n) is 2.19. The molecule has 0 N–H and O–H groups in total. The highest BCUT2D eigenvalue weighted by Crippen LogP contribution is 2.34. The van der Waals surface area contributed by atoms with E-state index in [9.17, 15) is 14.4 Å². The summed E-state index contributed by atoms with van der Waals surface area (Å²) in [6, 6.07) is 8.44. The smallest absolute Gasteiger partial charge is 0.325 e. The van der Waals surface area contributed by atoms with Crippen molar-refractivity contribution in [3.05, 3.63) is 51.0 Å². The zero-order valence-electron chi connectivity index (χ0n) is 13.3. The normalized spacial score (nSPS) is 15.8. The maximum Gasteiger partial charge on any atom is 0.325 e. The van der Waals surface area contributed by atoms with Gasteiger partial charge in [0.25, 0.3) is 11.1 Å². The van der Waals surface area contributed by atoms with Gasteiger partial charge in [-0.25, -0.2) is 0 Å². The number of imide groups is 1. The Morgan fingerprint density at radius 1 is 1.23 bits per heavy atom. The maximum atomic E-state index is 12.3. The third kappa shape index (κ3) is 3.80. The van der Waals surface area contributed by atoms with Gasteiger partial charge >= 0.3 is 5.97 Å². The van der Waals surface area contributed by atoms with Crippen LogP contribution in [0.4, 0.5) is 4.79 Å². The Morgan fingerprint density at radius 2 is 2.00 bits per heavy atom. The number of rotatable bonds is 4. The van der Waals surface area contributed by atoms with Crippen molar-refractivity contribution in [2.75, 3.05) is 13.7 Å². The summed E-state index contributed by atoms with van der Waals surface area (Å²) in [7, 11) is 1.19. The van der Waals surface area contributed by atoms with Crippen LogP contribution in [0.1, 0.15) is 5.76 Å². The molecule has 134 valence electrons. The molecule has 0 bridgehead atoms. The quantitative estimate of drug-likeness (QED) is 0.545. The molecule has 1 aromatic carbocycles. The predicted molar refractivity (Wildman–Crippen MR) is 98.9 cm³/mol. The molecule has 0 saturated carbocycles. The maximum absolute atomic E-state index is 12.3. The fourth-order valence-corrected chi connectivity index (χ4v) is 3.31. The van der Waals surface area contributed by atoms with Crippen LogP contribution >= 0.6 is 35.0 Å². The molecule has 2 amide bonds. The van der Waals surface area contributed by atoms with E-state index in [2.05, 4.69) is 4.74 Å². The van der Waals surface area contributed by atoms with E-state index < -0.39 is 23.7 Å². The Morgan fingerprint density at radius 3 is 2.69 bits per heavy atom. The van der Waals surface area contributed by atoms with Gasteiger partial charge in [0.1, 0.15) is 18.1 Å². The lowest BCUT2D eigenvalue weighted by atomic mass is 10.2. The van der Waals surface area contributed by atoms with Crippen LogP contribution in [0.2, 0.25) is 10.0 Å². The molecule has 3 rings (SSSR count). The minimum atomic E-state index is -0.673. The predicted octanol–water partition coefficient (Wildman–Crippen LogP) is 4.46. The second kappa shape index (κ2) is 7.57. The molecule has 0 unspecified atom stereocenters. The minimum absolute atomic E-state index is 0.161. The molecule has 9 heteroatoms. The second-order valence-electron chi connectivity index (χ2n) is 5.17. The largest absolute Gasteiger partial charge is 0.468 e. The average molecular weight is 412 g/mol. The highest BCUT2D eigenvalue weighted by atomic mass is 35.5. The van der Waals surface area contributed by atoms with Gasteiger partial charge in [-0.3, -0.25) is 19.3 Å². The third-order valence-corrected chi connectivity index (χ3v) is 5.14. The molecule has 1 aliphatic rings. The van der Waals surface area contributed by atoms with Gasteiger partial charge in [0.05, 0.1) is 22.1 Å². The van der Waals surface area contributed by atoms with Crippen LogP contribution in [0.25, 0.3) is 17.4 Å². The summed E-state index contributed by atoms with van der Waals surface area (Å²) in [5.41, 5.74) is 0.720. The summed E-state index contributed by atoms with van der Waals surface area (Å²) in [5.74, 6) is -0.329. The first-order valence-corrected chi connectivity index (χ1v) is 8.83. The van der Waals surface area contributed by atoms with Gasteiger partial charge < -0.3 is 9.15 Å². The monoisotopic (exact) mass is 411 g/mol. The van der Waals surface area contributed by atoms with E-state index in [-0.39, 0.29) is 4.91 Å². The van der Waals surface area contributed by atoms with Crippen molar-refractivity contribution in [3.8, 4) is 11.3 Å². The van der Waals surface area contributed by atoms with Crippen LogP contribution in [-0.4, -0.2) is 35.7 Å². The Balaban J connectivity index is 1.82. The molecule has 26 heavy (non-hydrogen) atoms. The summed E-state index contributed by atoms with van der Waals surface area (Å²) in [5, 5.41) is 0.287. The molecule has 1 aromatic heterocycles. The number of ether oxygens (including phenoxy) is 1. The minimum Gasteiger partial charge on any atom is -0.468 e. The molecule has 0 spiro atoms. The first kappa shape index (κ1) is 18.6. The molecule has 2 heterocycles. The molecule has 1 aliphatic heterocycles. The van der Waals surface area contributed by atoms with E-state index in [4.69, 9.17) is 27.6 Å². The van der Waals surface area contributed by atoms with Gasteiger partial charge in [-0.05, 0) is 42.1 Å². The zero-order valence-corrected chi connectivity index (χ0v) is 15.7. The number of methoxy groups -OCH3 is 1. The van der Waals surface area contributed by atoms with Crippen molar-refractivity contribution >= 4 is 58.2 Å². The van der Waals surface area contributed by atoms with Crippen LogP contribution in [0.15, 0.2) is 39.7 Å². The average Bonchev–Trinajstić information content (AvgIpc) is 3.18. The molecule has 0 atom stereocenters. The third-order valence-electron chi connectivity index (χ3n) is 3.49. The highest BCUT2D eigenvalue weighted by Gasteiger charge is 2.36. The Bertz CT molecular complexity index is 937. The van der Waals surface area contributed by atoms with E-state index >= 15 is 0 Å². The topological polar surface area (TPSA) is 76.8 Å². The SMILES string of the molecule is COC(=O)CN1C(=O)S/C(=C/c2ccc(-c3ccc(Cl)c(Cl)c3)o2)C1=O. The lowest BCUT2D eigenvalue weighted by Crippen LogP contribution is -2.34. The second-order valence-corrected chi connectivity index (χ2v) is 6.98. The summed E-state index contributed by atoms with van der Waals surface area (Å²) in [6.45, 7) is -0.425. The summed E-state index contributed by atoms with van der Waals surface area (Å²) in [6.07, 6.45) is 1.45. The number of amides is 2. The van der Waals surface area contributed by atoms with Gasteiger partial charge in [0.2, 0.25) is 0 Å². The Hall–Kier alpha value is -2.22. The van der Waals surface area contributed by atoms with Gasteiger partial charge in [0.15, 0.2) is 0 Å². The van der Waals surface area contributed by atoms with Crippen molar-refractivity contribution in [1.82, 2.24) is 4.90 Å².